The molecule has 1 aliphatic rings. The molecule has 0 aliphatic carbocycles. The number of morpholine rings is 1. The number of halogens is 2. The van der Waals surface area contributed by atoms with Crippen LogP contribution in [0.3, 0.4) is 0 Å². The van der Waals surface area contributed by atoms with E-state index in [0.29, 0.717) is 31.2 Å². The molecular formula is C22H33F2N7O. The van der Waals surface area contributed by atoms with Crippen molar-refractivity contribution in [3.8, 4) is 0 Å². The zero-order valence-electron chi connectivity index (χ0n) is 18.9. The molecule has 1 atom stereocenters. The summed E-state index contributed by atoms with van der Waals surface area (Å²) in [5, 5.41) is 14.7. The number of aromatic nitrogens is 3. The Balaban J connectivity index is 1.57. The summed E-state index contributed by atoms with van der Waals surface area (Å²) in [7, 11) is 0. The van der Waals surface area contributed by atoms with Gasteiger partial charge in [0.05, 0.1) is 19.3 Å². The topological polar surface area (TPSA) is 79.6 Å². The molecule has 10 heteroatoms. The lowest BCUT2D eigenvalue weighted by Gasteiger charge is -2.26. The Morgan fingerprint density at radius 1 is 1.22 bits per heavy atom. The first-order valence-electron chi connectivity index (χ1n) is 11.2. The van der Waals surface area contributed by atoms with Crippen LogP contribution in [0, 0.1) is 11.6 Å². The summed E-state index contributed by atoms with van der Waals surface area (Å²) in [5.41, 5.74) is 0.652. The van der Waals surface area contributed by atoms with Crippen molar-refractivity contribution in [2.75, 3.05) is 45.9 Å². The first kappa shape index (κ1) is 24.1. The first-order chi connectivity index (χ1) is 15.6. The van der Waals surface area contributed by atoms with Crippen LogP contribution in [-0.2, 0) is 17.7 Å². The van der Waals surface area contributed by atoms with Crippen LogP contribution in [0.15, 0.2) is 29.5 Å². The lowest BCUT2D eigenvalue weighted by Crippen LogP contribution is -2.40. The molecule has 2 aromatic rings. The summed E-state index contributed by atoms with van der Waals surface area (Å²) in [6.07, 6.45) is 3.46. The van der Waals surface area contributed by atoms with Gasteiger partial charge < -0.3 is 19.9 Å². The number of aliphatic imine (C=N–C) groups is 1. The van der Waals surface area contributed by atoms with Crippen LogP contribution in [0.1, 0.15) is 37.7 Å². The number of rotatable bonds is 10. The van der Waals surface area contributed by atoms with Gasteiger partial charge in [-0.05, 0) is 31.0 Å². The van der Waals surface area contributed by atoms with Gasteiger partial charge in [0.1, 0.15) is 12.2 Å². The second-order valence-corrected chi connectivity index (χ2v) is 7.80. The van der Waals surface area contributed by atoms with Gasteiger partial charge in [0.2, 0.25) is 0 Å². The van der Waals surface area contributed by atoms with Crippen molar-refractivity contribution < 1.29 is 13.5 Å². The summed E-state index contributed by atoms with van der Waals surface area (Å²) < 4.78 is 34.3. The third-order valence-electron chi connectivity index (χ3n) is 5.46. The highest BCUT2D eigenvalue weighted by Gasteiger charge is 2.12. The highest BCUT2D eigenvalue weighted by Crippen LogP contribution is 2.15. The molecule has 2 N–H and O–H groups in total. The van der Waals surface area contributed by atoms with E-state index in [9.17, 15) is 8.78 Å². The fourth-order valence-electron chi connectivity index (χ4n) is 3.57. The molecule has 32 heavy (non-hydrogen) atoms. The first-order valence-corrected chi connectivity index (χ1v) is 11.2. The van der Waals surface area contributed by atoms with Gasteiger partial charge in [0.25, 0.3) is 0 Å². The minimum atomic E-state index is -0.854. The third-order valence-corrected chi connectivity index (χ3v) is 5.46. The van der Waals surface area contributed by atoms with Crippen LogP contribution in [-0.4, -0.2) is 71.6 Å². The van der Waals surface area contributed by atoms with Crippen LogP contribution in [0.5, 0.6) is 0 Å². The van der Waals surface area contributed by atoms with E-state index in [-0.39, 0.29) is 6.04 Å². The Kier molecular flexibility index (Phi) is 9.36. The van der Waals surface area contributed by atoms with E-state index in [0.717, 1.165) is 57.6 Å². The zero-order chi connectivity index (χ0) is 22.8. The molecule has 176 valence electrons. The predicted octanol–water partition coefficient (Wildman–Crippen LogP) is 2.14. The number of aryl methyl sites for hydroxylation is 1. The van der Waals surface area contributed by atoms with Crippen LogP contribution in [0.4, 0.5) is 8.78 Å². The lowest BCUT2D eigenvalue weighted by atomic mass is 10.1. The molecule has 0 radical (unpaired) electrons. The van der Waals surface area contributed by atoms with Crippen LogP contribution < -0.4 is 10.6 Å². The Morgan fingerprint density at radius 2 is 2.03 bits per heavy atom. The predicted molar refractivity (Wildman–Crippen MR) is 119 cm³/mol. The van der Waals surface area contributed by atoms with Gasteiger partial charge in [-0.1, -0.05) is 13.0 Å². The fraction of sp³-hybridized carbons (Fsp3) is 0.591. The number of benzene rings is 1. The zero-order valence-corrected chi connectivity index (χ0v) is 18.9. The van der Waals surface area contributed by atoms with Crippen molar-refractivity contribution in [2.45, 2.75) is 39.3 Å². The summed E-state index contributed by atoms with van der Waals surface area (Å²) in [4.78, 5) is 7.08. The molecule has 8 nitrogen and oxygen atoms in total. The second kappa shape index (κ2) is 12.4. The molecule has 0 amide bonds. The maximum Gasteiger partial charge on any atom is 0.191 e. The minimum Gasteiger partial charge on any atom is -0.379 e. The van der Waals surface area contributed by atoms with Crippen molar-refractivity contribution in [1.29, 1.82) is 0 Å². The molecule has 1 aromatic carbocycles. The minimum absolute atomic E-state index is 0.239. The molecule has 1 unspecified atom stereocenters. The quantitative estimate of drug-likeness (QED) is 0.329. The van der Waals surface area contributed by atoms with E-state index in [1.165, 1.54) is 6.07 Å². The van der Waals surface area contributed by atoms with Crippen LogP contribution in [0.2, 0.25) is 0 Å². The molecule has 1 saturated heterocycles. The molecule has 1 aromatic heterocycles. The average Bonchev–Trinajstić information content (AvgIpc) is 3.26. The summed E-state index contributed by atoms with van der Waals surface area (Å²) in [6.45, 7) is 10.4. The monoisotopic (exact) mass is 449 g/mol. The smallest absolute Gasteiger partial charge is 0.191 e. The lowest BCUT2D eigenvalue weighted by molar-refractivity contribution is 0.0377. The molecule has 3 rings (SSSR count). The van der Waals surface area contributed by atoms with Gasteiger partial charge >= 0.3 is 0 Å². The average molecular weight is 450 g/mol. The number of guanidine groups is 1. The second-order valence-electron chi connectivity index (χ2n) is 7.80. The molecule has 0 bridgehead atoms. The molecule has 1 fully saturated rings. The maximum atomic E-state index is 13.7. The van der Waals surface area contributed by atoms with E-state index < -0.39 is 11.6 Å². The number of nitrogens with zero attached hydrogens (tertiary/aromatic N) is 5. The maximum absolute atomic E-state index is 13.7. The molecule has 0 spiro atoms. The van der Waals surface area contributed by atoms with Gasteiger partial charge in [0.15, 0.2) is 17.6 Å². The fourth-order valence-corrected chi connectivity index (χ4v) is 3.57. The largest absolute Gasteiger partial charge is 0.379 e. The number of hydrogen-bond acceptors (Lipinski definition) is 5. The summed E-state index contributed by atoms with van der Waals surface area (Å²) in [5.74, 6) is -0.140. The number of ether oxygens (including phenoxy) is 1. The summed E-state index contributed by atoms with van der Waals surface area (Å²) in [6, 6.07) is 3.70. The SMILES string of the molecule is CCc1nncn1CCNC(=NCCCN1CCOCC1)NC(C)c1ccc(F)c(F)c1. The van der Waals surface area contributed by atoms with E-state index in [2.05, 4.69) is 25.7 Å². The normalized spacial score (nSPS) is 16.2. The van der Waals surface area contributed by atoms with E-state index in [4.69, 9.17) is 9.73 Å². The Hall–Kier alpha value is -2.59. The van der Waals surface area contributed by atoms with Crippen molar-refractivity contribution >= 4 is 5.96 Å². The van der Waals surface area contributed by atoms with Crippen molar-refractivity contribution in [2.24, 2.45) is 4.99 Å². The Labute approximate surface area is 188 Å². The molecule has 1 aliphatic heterocycles. The Bertz CT molecular complexity index is 868. The molecular weight excluding hydrogens is 416 g/mol. The molecule has 0 saturated carbocycles. The van der Waals surface area contributed by atoms with E-state index >= 15 is 0 Å². The molecule has 2 heterocycles. The van der Waals surface area contributed by atoms with E-state index in [1.807, 2.05) is 18.4 Å². The van der Waals surface area contributed by atoms with Crippen molar-refractivity contribution in [1.82, 2.24) is 30.3 Å². The van der Waals surface area contributed by atoms with Gasteiger partial charge in [0, 0.05) is 45.7 Å². The number of hydrogen-bond donors (Lipinski definition) is 2. The summed E-state index contributed by atoms with van der Waals surface area (Å²) >= 11 is 0. The van der Waals surface area contributed by atoms with E-state index in [1.54, 1.807) is 12.4 Å². The van der Waals surface area contributed by atoms with Crippen molar-refractivity contribution in [3.05, 3.63) is 47.5 Å². The van der Waals surface area contributed by atoms with Crippen LogP contribution >= 0.6 is 0 Å². The van der Waals surface area contributed by atoms with Crippen molar-refractivity contribution in [3.63, 3.8) is 0 Å². The van der Waals surface area contributed by atoms with Gasteiger partial charge in [-0.2, -0.15) is 0 Å². The number of nitrogens with one attached hydrogen (secondary N) is 2. The van der Waals surface area contributed by atoms with Crippen LogP contribution in [0.25, 0.3) is 0 Å². The highest BCUT2D eigenvalue weighted by molar-refractivity contribution is 5.80. The highest BCUT2D eigenvalue weighted by atomic mass is 19.2. The Morgan fingerprint density at radius 3 is 2.78 bits per heavy atom. The van der Waals surface area contributed by atoms with Gasteiger partial charge in [-0.15, -0.1) is 10.2 Å². The standard InChI is InChI=1S/C22H33F2N7O/c1-3-21-29-27-16-31(21)10-8-26-22(25-7-4-9-30-11-13-32-14-12-30)28-17(2)18-5-6-19(23)20(24)15-18/h5-6,15-17H,3-4,7-14H2,1-2H3,(H2,25,26,28). The van der Waals surface area contributed by atoms with Gasteiger partial charge in [-0.25, -0.2) is 8.78 Å². The van der Waals surface area contributed by atoms with Gasteiger partial charge in [-0.3, -0.25) is 9.89 Å². The third kappa shape index (κ3) is 7.23.